The lowest BCUT2D eigenvalue weighted by atomic mass is 9.97. The third-order valence-electron chi connectivity index (χ3n) is 3.29. The Morgan fingerprint density at radius 1 is 1.20 bits per heavy atom. The Kier molecular flexibility index (Phi) is 3.30. The molecule has 0 spiro atoms. The Bertz CT molecular complexity index is 288. The molecular weight excluding hydrogens is 182 g/mol. The largest absolute Gasteiger partial charge is 0.371 e. The van der Waals surface area contributed by atoms with E-state index in [-0.39, 0.29) is 0 Å². The van der Waals surface area contributed by atoms with Crippen molar-refractivity contribution >= 4 is 5.69 Å². The van der Waals surface area contributed by atoms with Gasteiger partial charge in [0, 0.05) is 24.7 Å². The summed E-state index contributed by atoms with van der Waals surface area (Å²) in [6, 6.07) is 8.93. The molecule has 1 aliphatic rings. The van der Waals surface area contributed by atoms with Gasteiger partial charge in [-0.1, -0.05) is 38.5 Å². The summed E-state index contributed by atoms with van der Waals surface area (Å²) in [5.41, 5.74) is 3.06. The maximum atomic E-state index is 2.55. The van der Waals surface area contributed by atoms with Crippen molar-refractivity contribution in [1.29, 1.82) is 0 Å². The van der Waals surface area contributed by atoms with Crippen LogP contribution < -0.4 is 4.90 Å². The smallest absolute Gasteiger partial charge is 0.0402 e. The van der Waals surface area contributed by atoms with Gasteiger partial charge in [0.25, 0.3) is 0 Å². The van der Waals surface area contributed by atoms with Gasteiger partial charge in [0.15, 0.2) is 0 Å². The Hall–Kier alpha value is -0.980. The van der Waals surface area contributed by atoms with E-state index in [1.54, 1.807) is 5.56 Å². The molecule has 0 fully saturated rings. The van der Waals surface area contributed by atoms with Gasteiger partial charge < -0.3 is 4.90 Å². The molecule has 1 nitrogen and oxygen atoms in total. The molecule has 1 aromatic carbocycles. The second-order valence-corrected chi connectivity index (χ2v) is 4.49. The van der Waals surface area contributed by atoms with E-state index in [4.69, 9.17) is 0 Å². The van der Waals surface area contributed by atoms with Crippen LogP contribution >= 0.6 is 0 Å². The second kappa shape index (κ2) is 4.69. The molecule has 0 aromatic heterocycles. The summed E-state index contributed by atoms with van der Waals surface area (Å²) in [7, 11) is 0. The fourth-order valence-electron chi connectivity index (χ4n) is 2.66. The van der Waals surface area contributed by atoms with Crippen LogP contribution in [0, 0.1) is 0 Å². The van der Waals surface area contributed by atoms with Gasteiger partial charge >= 0.3 is 0 Å². The average molecular weight is 203 g/mol. The van der Waals surface area contributed by atoms with Crippen LogP contribution in [0.1, 0.15) is 44.6 Å². The minimum atomic E-state index is 0.776. The lowest BCUT2D eigenvalue weighted by Gasteiger charge is -2.18. The predicted molar refractivity (Wildman–Crippen MR) is 66.6 cm³/mol. The third kappa shape index (κ3) is 2.01. The Labute approximate surface area is 93.1 Å². The third-order valence-corrected chi connectivity index (χ3v) is 3.29. The van der Waals surface area contributed by atoms with Gasteiger partial charge in [-0.25, -0.2) is 0 Å². The van der Waals surface area contributed by atoms with Crippen LogP contribution in [-0.2, 0) is 0 Å². The van der Waals surface area contributed by atoms with Crippen LogP contribution in [0.5, 0.6) is 0 Å². The Morgan fingerprint density at radius 3 is 2.73 bits per heavy atom. The van der Waals surface area contributed by atoms with Gasteiger partial charge in [-0.05, 0) is 24.5 Å². The quantitative estimate of drug-likeness (QED) is 0.719. The normalized spacial score (nSPS) is 19.3. The van der Waals surface area contributed by atoms with Gasteiger partial charge in [0.2, 0.25) is 0 Å². The molecule has 1 aliphatic heterocycles. The summed E-state index contributed by atoms with van der Waals surface area (Å²) in [5, 5.41) is 0. The average Bonchev–Trinajstić information content (AvgIpc) is 2.59. The lowest BCUT2D eigenvalue weighted by Crippen LogP contribution is -2.22. The first-order valence-corrected chi connectivity index (χ1v) is 6.20. The molecule has 15 heavy (non-hydrogen) atoms. The van der Waals surface area contributed by atoms with Crippen molar-refractivity contribution in [3.63, 3.8) is 0 Å². The molecule has 1 atom stereocenters. The molecule has 0 saturated carbocycles. The molecular formula is C14H21N. The zero-order chi connectivity index (χ0) is 10.7. The second-order valence-electron chi connectivity index (χ2n) is 4.49. The van der Waals surface area contributed by atoms with Crippen LogP contribution in [0.15, 0.2) is 24.3 Å². The molecule has 0 amide bonds. The first-order chi connectivity index (χ1) is 7.36. The van der Waals surface area contributed by atoms with Crippen molar-refractivity contribution in [2.75, 3.05) is 18.0 Å². The van der Waals surface area contributed by atoms with E-state index < -0.39 is 0 Å². The summed E-state index contributed by atoms with van der Waals surface area (Å²) in [6.07, 6.45) is 3.86. The molecule has 0 radical (unpaired) electrons. The van der Waals surface area contributed by atoms with Crippen molar-refractivity contribution in [3.8, 4) is 0 Å². The monoisotopic (exact) mass is 203 g/mol. The SMILES string of the molecule is CCCC1CN(CCC)c2ccccc21. The zero-order valence-electron chi connectivity index (χ0n) is 9.87. The van der Waals surface area contributed by atoms with Crippen LogP contribution in [0.3, 0.4) is 0 Å². The van der Waals surface area contributed by atoms with Gasteiger partial charge in [-0.3, -0.25) is 0 Å². The highest BCUT2D eigenvalue weighted by atomic mass is 15.1. The predicted octanol–water partition coefficient (Wildman–Crippen LogP) is 3.80. The lowest BCUT2D eigenvalue weighted by molar-refractivity contribution is 0.623. The number of fused-ring (bicyclic) bond motifs is 1. The minimum Gasteiger partial charge on any atom is -0.371 e. The van der Waals surface area contributed by atoms with Crippen LogP contribution in [0.25, 0.3) is 0 Å². The molecule has 0 N–H and O–H groups in total. The van der Waals surface area contributed by atoms with Gasteiger partial charge in [0.05, 0.1) is 0 Å². The van der Waals surface area contributed by atoms with Crippen molar-refractivity contribution in [3.05, 3.63) is 29.8 Å². The molecule has 2 rings (SSSR count). The highest BCUT2D eigenvalue weighted by molar-refractivity contribution is 5.60. The number of nitrogens with zero attached hydrogens (tertiary/aromatic N) is 1. The van der Waals surface area contributed by atoms with Crippen molar-refractivity contribution in [1.82, 2.24) is 0 Å². The van der Waals surface area contributed by atoms with Gasteiger partial charge in [-0.2, -0.15) is 0 Å². The topological polar surface area (TPSA) is 3.24 Å². The highest BCUT2D eigenvalue weighted by Gasteiger charge is 2.26. The number of rotatable bonds is 4. The van der Waals surface area contributed by atoms with Crippen LogP contribution in [0.4, 0.5) is 5.69 Å². The maximum Gasteiger partial charge on any atom is 0.0402 e. The van der Waals surface area contributed by atoms with Crippen LogP contribution in [0.2, 0.25) is 0 Å². The molecule has 1 heterocycles. The molecule has 1 aromatic rings. The van der Waals surface area contributed by atoms with E-state index in [0.29, 0.717) is 0 Å². The molecule has 82 valence electrons. The summed E-state index contributed by atoms with van der Waals surface area (Å²) in [5.74, 6) is 0.776. The Morgan fingerprint density at radius 2 is 2.00 bits per heavy atom. The zero-order valence-corrected chi connectivity index (χ0v) is 9.87. The van der Waals surface area contributed by atoms with E-state index >= 15 is 0 Å². The summed E-state index contributed by atoms with van der Waals surface area (Å²) < 4.78 is 0. The van der Waals surface area contributed by atoms with E-state index in [0.717, 1.165) is 5.92 Å². The van der Waals surface area contributed by atoms with Crippen molar-refractivity contribution in [2.24, 2.45) is 0 Å². The standard InChI is InChI=1S/C14H21N/c1-3-7-12-11-15(10-4-2)14-9-6-5-8-13(12)14/h5-6,8-9,12H,3-4,7,10-11H2,1-2H3. The fraction of sp³-hybridized carbons (Fsp3) is 0.571. The van der Waals surface area contributed by atoms with E-state index in [9.17, 15) is 0 Å². The van der Waals surface area contributed by atoms with Crippen molar-refractivity contribution in [2.45, 2.75) is 39.0 Å². The van der Waals surface area contributed by atoms with E-state index in [1.165, 1.54) is 38.0 Å². The molecule has 1 unspecified atom stereocenters. The van der Waals surface area contributed by atoms with Gasteiger partial charge in [-0.15, -0.1) is 0 Å². The van der Waals surface area contributed by atoms with Crippen LogP contribution in [-0.4, -0.2) is 13.1 Å². The molecule has 1 heteroatoms. The number of hydrogen-bond acceptors (Lipinski definition) is 1. The molecule has 0 bridgehead atoms. The van der Waals surface area contributed by atoms with E-state index in [2.05, 4.69) is 43.0 Å². The summed E-state index contributed by atoms with van der Waals surface area (Å²) in [6.45, 7) is 6.99. The fourth-order valence-corrected chi connectivity index (χ4v) is 2.66. The number of hydrogen-bond donors (Lipinski definition) is 0. The number of para-hydroxylation sites is 1. The molecule has 0 saturated heterocycles. The van der Waals surface area contributed by atoms with Gasteiger partial charge in [0.1, 0.15) is 0 Å². The highest BCUT2D eigenvalue weighted by Crippen LogP contribution is 2.38. The summed E-state index contributed by atoms with van der Waals surface area (Å²) >= 11 is 0. The number of anilines is 1. The summed E-state index contributed by atoms with van der Waals surface area (Å²) in [4.78, 5) is 2.55. The first kappa shape index (κ1) is 10.5. The maximum absolute atomic E-state index is 2.55. The van der Waals surface area contributed by atoms with E-state index in [1.807, 2.05) is 0 Å². The minimum absolute atomic E-state index is 0.776. The van der Waals surface area contributed by atoms with Crippen molar-refractivity contribution < 1.29 is 0 Å². The first-order valence-electron chi connectivity index (χ1n) is 6.20. The number of benzene rings is 1. The molecule has 0 aliphatic carbocycles. The Balaban J connectivity index is 2.22.